The Bertz CT molecular complexity index is 2330. The lowest BCUT2D eigenvalue weighted by atomic mass is 9.76. The molecule has 0 saturated carbocycles. The van der Waals surface area contributed by atoms with Crippen LogP contribution in [0.25, 0.3) is 5.57 Å². The fraction of sp³-hybridized carbons (Fsp3) is 0.442. The van der Waals surface area contributed by atoms with Crippen LogP contribution in [0.1, 0.15) is 88.8 Å². The number of nitrogens with zero attached hydrogens (tertiary/aromatic N) is 4. The van der Waals surface area contributed by atoms with E-state index in [0.29, 0.717) is 46.8 Å². The van der Waals surface area contributed by atoms with Crippen LogP contribution in [0.15, 0.2) is 44.5 Å². The summed E-state index contributed by atoms with van der Waals surface area (Å²) in [6.07, 6.45) is 11.4. The average Bonchev–Trinajstić information content (AvgIpc) is 3.77. The average molecular weight is 937 g/mol. The van der Waals surface area contributed by atoms with Crippen LogP contribution in [0, 0.1) is 67.2 Å². The van der Waals surface area contributed by atoms with Crippen molar-refractivity contribution >= 4 is 117 Å². The molecule has 14 heteroatoms. The van der Waals surface area contributed by atoms with Crippen molar-refractivity contribution in [2.75, 3.05) is 24.6 Å². The minimum atomic E-state index is 0.309. The highest BCUT2D eigenvalue weighted by Gasteiger charge is 2.33. The Morgan fingerprint density at radius 1 is 0.684 bits per heavy atom. The SMILES string of the molecule is [B]C1=C(C)N(PCc2c(C)c(C)c(N)c(CPn3cc(C)c([B])c3C)c2C2=C(CPn3cc(C)c([B])c3C)C(I)=C(C)CC2CPn2cc(C)c([B])c2C)CC1C. The zero-order valence-corrected chi connectivity index (χ0v) is 41.8. The van der Waals surface area contributed by atoms with Crippen LogP contribution >= 0.6 is 57.5 Å². The molecule has 0 amide bonds. The molecule has 2 N–H and O–H groups in total. The molecule has 2 aliphatic rings. The molecule has 1 aliphatic heterocycles. The number of benzene rings is 1. The Hall–Kier alpha value is -1.41. The van der Waals surface area contributed by atoms with E-state index in [1.165, 1.54) is 53.8 Å². The molecule has 1 aliphatic carbocycles. The Morgan fingerprint density at radius 2 is 1.18 bits per heavy atom. The second-order valence-electron chi connectivity index (χ2n) is 16.3. The molecule has 0 saturated heterocycles. The van der Waals surface area contributed by atoms with Gasteiger partial charge in [-0.1, -0.05) is 34.4 Å². The molecule has 5 nitrogen and oxygen atoms in total. The summed E-state index contributed by atoms with van der Waals surface area (Å²) in [5, 5.41) is 0. The third kappa shape index (κ3) is 8.85. The fourth-order valence-corrected chi connectivity index (χ4v) is 15.2. The fourth-order valence-electron chi connectivity index (χ4n) is 8.51. The van der Waals surface area contributed by atoms with Crippen molar-refractivity contribution in [3.05, 3.63) is 106 Å². The first-order chi connectivity index (χ1) is 26.8. The summed E-state index contributed by atoms with van der Waals surface area (Å²) in [5.41, 5.74) is 31.1. The van der Waals surface area contributed by atoms with Crippen molar-refractivity contribution in [2.45, 2.75) is 94.9 Å². The van der Waals surface area contributed by atoms with E-state index in [1.807, 2.05) is 0 Å². The molecule has 0 bridgehead atoms. The van der Waals surface area contributed by atoms with Crippen LogP contribution in [0.4, 0.5) is 5.69 Å². The molecule has 6 rings (SSSR count). The van der Waals surface area contributed by atoms with Crippen molar-refractivity contribution in [3.63, 3.8) is 0 Å². The highest BCUT2D eigenvalue weighted by molar-refractivity contribution is 14.1. The first kappa shape index (κ1) is 45.1. The number of allylic oxidation sites excluding steroid dienone is 5. The zero-order valence-electron chi connectivity index (χ0n) is 35.7. The number of aryl methyl sites for hydroxylation is 3. The lowest BCUT2D eigenvalue weighted by Gasteiger charge is -2.35. The molecule has 57 heavy (non-hydrogen) atoms. The summed E-state index contributed by atoms with van der Waals surface area (Å²) in [6, 6.07) is 0. The van der Waals surface area contributed by atoms with Gasteiger partial charge in [0.15, 0.2) is 0 Å². The molecular weight excluding hydrogens is 881 g/mol. The standard InChI is InChI=1S/C43H56B4IN5P4/c1-21-12-32(17-54-50-13-22(2)38(44)28(50)8)36(34(42(21)48)19-56-52-15-24(4)40(46)30(52)10)37-33(18-55-51-14-23(3)39(45)29(51)9)26(6)27(7)43(49)35(37)20-57-53-16-25(5)41(47)31(53)11/h13,15-16,23,32,54-57H,12,14,17-20,49H2,1-11H3. The number of halogens is 1. The number of anilines is 1. The van der Waals surface area contributed by atoms with E-state index in [2.05, 4.69) is 135 Å². The maximum Gasteiger partial charge on any atom is 0.116 e. The minimum absolute atomic E-state index is 0.309. The van der Waals surface area contributed by atoms with Crippen molar-refractivity contribution in [3.8, 4) is 0 Å². The van der Waals surface area contributed by atoms with Gasteiger partial charge in [0.05, 0.1) is 0 Å². The number of nitrogens with two attached hydrogens (primary N) is 1. The van der Waals surface area contributed by atoms with Crippen molar-refractivity contribution in [2.24, 2.45) is 11.8 Å². The van der Waals surface area contributed by atoms with Crippen LogP contribution in [-0.2, 0) is 12.3 Å². The highest BCUT2D eigenvalue weighted by atomic mass is 127. The Balaban J connectivity index is 1.58. The van der Waals surface area contributed by atoms with Gasteiger partial charge in [0.2, 0.25) is 0 Å². The molecule has 6 unspecified atom stereocenters. The van der Waals surface area contributed by atoms with Gasteiger partial charge < -0.3 is 23.4 Å². The summed E-state index contributed by atoms with van der Waals surface area (Å²) >= 11 is 2.66. The van der Waals surface area contributed by atoms with Gasteiger partial charge in [-0.15, -0.1) is 0 Å². The summed E-state index contributed by atoms with van der Waals surface area (Å²) < 4.78 is 11.0. The van der Waals surface area contributed by atoms with Gasteiger partial charge in [-0.2, -0.15) is 0 Å². The predicted octanol–water partition coefficient (Wildman–Crippen LogP) is 8.38. The minimum Gasteiger partial charge on any atom is -0.398 e. The van der Waals surface area contributed by atoms with E-state index in [4.69, 9.17) is 37.1 Å². The summed E-state index contributed by atoms with van der Waals surface area (Å²) in [5.74, 6) is 0.672. The normalized spacial score (nSPS) is 18.5. The predicted molar refractivity (Wildman–Crippen MR) is 271 cm³/mol. The molecule has 4 heterocycles. The number of hydrogen-bond acceptors (Lipinski definition) is 2. The third-order valence-electron chi connectivity index (χ3n) is 12.7. The molecule has 1 aromatic carbocycles. The van der Waals surface area contributed by atoms with Gasteiger partial charge in [0.1, 0.15) is 31.4 Å². The van der Waals surface area contributed by atoms with Crippen LogP contribution in [0.3, 0.4) is 0 Å². The van der Waals surface area contributed by atoms with Gasteiger partial charge in [-0.05, 0) is 207 Å². The summed E-state index contributed by atoms with van der Waals surface area (Å²) in [6.45, 7) is 25.1. The van der Waals surface area contributed by atoms with E-state index in [-0.39, 0.29) is 0 Å². The van der Waals surface area contributed by atoms with Crippen LogP contribution in [0.2, 0.25) is 0 Å². The zero-order chi connectivity index (χ0) is 41.8. The van der Waals surface area contributed by atoms with Crippen LogP contribution < -0.4 is 22.1 Å². The summed E-state index contributed by atoms with van der Waals surface area (Å²) in [7, 11) is 28.4. The summed E-state index contributed by atoms with van der Waals surface area (Å²) in [4.78, 5) is 0. The number of nitrogen functional groups attached to an aromatic ring is 1. The van der Waals surface area contributed by atoms with Crippen molar-refractivity contribution in [1.82, 2.24) is 17.7 Å². The number of aromatic nitrogens is 3. The first-order valence-corrected chi connectivity index (χ1v) is 25.5. The van der Waals surface area contributed by atoms with Gasteiger partial charge in [-0.25, -0.2) is 0 Å². The Labute approximate surface area is 369 Å². The van der Waals surface area contributed by atoms with Crippen LogP contribution in [0.5, 0.6) is 0 Å². The van der Waals surface area contributed by atoms with E-state index in [1.54, 1.807) is 0 Å². The maximum atomic E-state index is 7.40. The molecule has 4 aromatic rings. The van der Waals surface area contributed by atoms with Gasteiger partial charge in [0.25, 0.3) is 0 Å². The van der Waals surface area contributed by atoms with Gasteiger partial charge in [0, 0.05) is 75.7 Å². The number of hydrogen-bond donors (Lipinski definition) is 1. The third-order valence-corrected chi connectivity index (χ3v) is 19.8. The van der Waals surface area contributed by atoms with E-state index >= 15 is 0 Å². The smallest absolute Gasteiger partial charge is 0.116 e. The quantitative estimate of drug-likeness (QED) is 0.0635. The van der Waals surface area contributed by atoms with Gasteiger partial charge >= 0.3 is 0 Å². The molecule has 6 atom stereocenters. The maximum absolute atomic E-state index is 7.40. The lowest BCUT2D eigenvalue weighted by Crippen LogP contribution is -2.21. The van der Waals surface area contributed by atoms with Gasteiger partial charge in [-0.3, -0.25) is 0 Å². The largest absolute Gasteiger partial charge is 0.398 e. The van der Waals surface area contributed by atoms with E-state index < -0.39 is 0 Å². The molecule has 3 aromatic heterocycles. The number of rotatable bonds is 13. The molecule has 8 radical (unpaired) electrons. The monoisotopic (exact) mass is 937 g/mol. The second kappa shape index (κ2) is 18.3. The lowest BCUT2D eigenvalue weighted by molar-refractivity contribution is 0.550. The second-order valence-corrected chi connectivity index (χ2v) is 22.1. The van der Waals surface area contributed by atoms with E-state index in [0.717, 1.165) is 98.9 Å². The topological polar surface area (TPSA) is 44.0 Å². The van der Waals surface area contributed by atoms with Crippen molar-refractivity contribution < 1.29 is 0 Å². The Kier molecular flexibility index (Phi) is 14.5. The highest BCUT2D eigenvalue weighted by Crippen LogP contribution is 2.52. The molecule has 0 spiro atoms. The molecule has 292 valence electrons. The Morgan fingerprint density at radius 3 is 1.65 bits per heavy atom. The van der Waals surface area contributed by atoms with Crippen molar-refractivity contribution in [1.29, 1.82) is 0 Å². The molecular formula is C43H56B4IN5P4. The first-order valence-electron chi connectivity index (χ1n) is 19.8. The van der Waals surface area contributed by atoms with Crippen LogP contribution in [-0.4, -0.2) is 67.9 Å². The molecule has 0 fully saturated rings. The van der Waals surface area contributed by atoms with E-state index in [9.17, 15) is 0 Å².